The highest BCUT2D eigenvalue weighted by Crippen LogP contribution is 2.42. The largest absolute Gasteiger partial charge is 0.455 e. The van der Waals surface area contributed by atoms with Gasteiger partial charge in [0.15, 0.2) is 17.5 Å². The maximum Gasteiger partial charge on any atom is 0.164 e. The van der Waals surface area contributed by atoms with Gasteiger partial charge in [0, 0.05) is 50.1 Å². The van der Waals surface area contributed by atoms with Gasteiger partial charge in [-0.15, -0.1) is 0 Å². The number of benzene rings is 7. The van der Waals surface area contributed by atoms with Crippen LogP contribution in [0.1, 0.15) is 0 Å². The molecule has 9 aromatic rings. The van der Waals surface area contributed by atoms with Crippen molar-refractivity contribution in [2.75, 3.05) is 4.90 Å². The lowest BCUT2D eigenvalue weighted by Crippen LogP contribution is -2.09. The molecule has 0 aliphatic carbocycles. The lowest BCUT2D eigenvalue weighted by atomic mass is 9.97. The van der Waals surface area contributed by atoms with Crippen molar-refractivity contribution in [1.82, 2.24) is 15.0 Å². The van der Waals surface area contributed by atoms with E-state index in [1.165, 1.54) is 0 Å². The fourth-order valence-electron chi connectivity index (χ4n) is 6.56. The molecule has 0 spiro atoms. The highest BCUT2D eigenvalue weighted by atomic mass is 16.3. The van der Waals surface area contributed by atoms with Crippen LogP contribution in [0.25, 0.3) is 67.2 Å². The van der Waals surface area contributed by atoms with E-state index < -0.39 is 0 Å². The molecule has 0 bridgehead atoms. The Kier molecular flexibility index (Phi) is 7.41. The van der Waals surface area contributed by atoms with Crippen LogP contribution in [0.15, 0.2) is 186 Å². The lowest BCUT2D eigenvalue weighted by Gasteiger charge is -2.25. The van der Waals surface area contributed by atoms with E-state index in [9.17, 15) is 0 Å². The molecule has 0 amide bonds. The monoisotopic (exact) mass is 642 g/mol. The Balaban J connectivity index is 1.21. The topological polar surface area (TPSA) is 55.1 Å². The van der Waals surface area contributed by atoms with Gasteiger partial charge in [0.05, 0.1) is 0 Å². The lowest BCUT2D eigenvalue weighted by molar-refractivity contribution is 0.670. The second-order valence-electron chi connectivity index (χ2n) is 12.1. The summed E-state index contributed by atoms with van der Waals surface area (Å²) in [6.07, 6.45) is 0. The third-order valence-corrected chi connectivity index (χ3v) is 8.93. The molecule has 0 atom stereocenters. The van der Waals surface area contributed by atoms with Gasteiger partial charge in [-0.3, -0.25) is 0 Å². The minimum absolute atomic E-state index is 0.595. The molecule has 0 aliphatic rings. The zero-order chi connectivity index (χ0) is 33.3. The van der Waals surface area contributed by atoms with E-state index >= 15 is 0 Å². The fraction of sp³-hybridized carbons (Fsp3) is 0. The first kappa shape index (κ1) is 29.3. The van der Waals surface area contributed by atoms with E-state index in [1.54, 1.807) is 0 Å². The van der Waals surface area contributed by atoms with Gasteiger partial charge in [-0.25, -0.2) is 15.0 Å². The third-order valence-electron chi connectivity index (χ3n) is 8.93. The van der Waals surface area contributed by atoms with Crippen molar-refractivity contribution in [2.45, 2.75) is 0 Å². The summed E-state index contributed by atoms with van der Waals surface area (Å²) in [6, 6.07) is 62.1. The van der Waals surface area contributed by atoms with Crippen molar-refractivity contribution in [3.05, 3.63) is 182 Å². The van der Waals surface area contributed by atoms with Crippen molar-refractivity contribution in [3.8, 4) is 45.3 Å². The first-order valence-corrected chi connectivity index (χ1v) is 16.6. The Morgan fingerprint density at radius 3 is 1.40 bits per heavy atom. The molecule has 9 rings (SSSR count). The Labute approximate surface area is 289 Å². The van der Waals surface area contributed by atoms with Crippen LogP contribution < -0.4 is 4.90 Å². The van der Waals surface area contributed by atoms with Gasteiger partial charge in [-0.2, -0.15) is 0 Å². The smallest absolute Gasteiger partial charge is 0.164 e. The Morgan fingerprint density at radius 2 is 0.820 bits per heavy atom. The molecule has 0 saturated carbocycles. The quantitative estimate of drug-likeness (QED) is 0.173. The van der Waals surface area contributed by atoms with Crippen LogP contribution in [-0.2, 0) is 0 Å². The van der Waals surface area contributed by atoms with E-state index in [-0.39, 0.29) is 0 Å². The molecule has 0 radical (unpaired) electrons. The van der Waals surface area contributed by atoms with Crippen molar-refractivity contribution < 1.29 is 4.42 Å². The highest BCUT2D eigenvalue weighted by molar-refractivity contribution is 6.15. The summed E-state index contributed by atoms with van der Waals surface area (Å²) in [6.45, 7) is 0. The Morgan fingerprint density at radius 1 is 0.360 bits per heavy atom. The van der Waals surface area contributed by atoms with Crippen LogP contribution >= 0.6 is 0 Å². The summed E-state index contributed by atoms with van der Waals surface area (Å²) < 4.78 is 6.66. The third kappa shape index (κ3) is 5.37. The van der Waals surface area contributed by atoms with Crippen LogP contribution in [0.4, 0.5) is 17.1 Å². The van der Waals surface area contributed by atoms with E-state index in [1.807, 2.05) is 91.0 Å². The Bertz CT molecular complexity index is 2470. The minimum Gasteiger partial charge on any atom is -0.455 e. The molecular weight excluding hydrogens is 613 g/mol. The Hall–Kier alpha value is -6.85. The second kappa shape index (κ2) is 12.6. The van der Waals surface area contributed by atoms with E-state index in [0.29, 0.717) is 17.5 Å². The molecule has 7 aromatic carbocycles. The SMILES string of the molecule is c1ccc(-c2nc(-c3ccccc3)nc(-c3ccc(-c4ccc(N(c5ccccc5)c5ccccc5)cc4)c4oc5ccccc5c34)n2)cc1. The highest BCUT2D eigenvalue weighted by Gasteiger charge is 2.21. The van der Waals surface area contributed by atoms with Gasteiger partial charge in [0.25, 0.3) is 0 Å². The molecule has 0 aliphatic heterocycles. The predicted octanol–water partition coefficient (Wildman–Crippen LogP) is 11.9. The van der Waals surface area contributed by atoms with Crippen molar-refractivity contribution in [3.63, 3.8) is 0 Å². The summed E-state index contributed by atoms with van der Waals surface area (Å²) in [5.74, 6) is 1.84. The average Bonchev–Trinajstić information content (AvgIpc) is 3.59. The standard InChI is InChI=1S/C45H30N4O/c1-5-15-32(16-6-1)43-46-44(33-17-7-2-8-18-33)48-45(47-43)39-30-29-37(42-41(39)38-23-13-14-24-40(38)50-42)31-25-27-36(28-26-31)49(34-19-9-3-10-20-34)35-21-11-4-12-22-35/h1-30H. The molecule has 5 nitrogen and oxygen atoms in total. The van der Waals surface area contributed by atoms with Crippen LogP contribution in [0.2, 0.25) is 0 Å². The van der Waals surface area contributed by atoms with Gasteiger partial charge in [-0.1, -0.05) is 127 Å². The van der Waals surface area contributed by atoms with Gasteiger partial charge in [-0.05, 0) is 60.2 Å². The second-order valence-corrected chi connectivity index (χ2v) is 12.1. The number of hydrogen-bond acceptors (Lipinski definition) is 5. The number of nitrogens with zero attached hydrogens (tertiary/aromatic N) is 4. The maximum atomic E-state index is 6.66. The zero-order valence-electron chi connectivity index (χ0n) is 27.0. The molecule has 50 heavy (non-hydrogen) atoms. The van der Waals surface area contributed by atoms with E-state index in [2.05, 4.69) is 95.9 Å². The number of anilines is 3. The van der Waals surface area contributed by atoms with Crippen LogP contribution in [-0.4, -0.2) is 15.0 Å². The number of hydrogen-bond donors (Lipinski definition) is 0. The number of rotatable bonds is 7. The fourth-order valence-corrected chi connectivity index (χ4v) is 6.56. The normalized spacial score (nSPS) is 11.2. The number of para-hydroxylation sites is 3. The van der Waals surface area contributed by atoms with Crippen molar-refractivity contribution in [2.24, 2.45) is 0 Å². The summed E-state index contributed by atoms with van der Waals surface area (Å²) in [7, 11) is 0. The number of fused-ring (bicyclic) bond motifs is 3. The molecule has 0 saturated heterocycles. The van der Waals surface area contributed by atoms with Crippen LogP contribution in [0.5, 0.6) is 0 Å². The van der Waals surface area contributed by atoms with Crippen LogP contribution in [0.3, 0.4) is 0 Å². The maximum absolute atomic E-state index is 6.66. The van der Waals surface area contributed by atoms with Crippen molar-refractivity contribution >= 4 is 39.0 Å². The first-order chi connectivity index (χ1) is 24.8. The molecule has 5 heteroatoms. The molecule has 2 aromatic heterocycles. The average molecular weight is 643 g/mol. The zero-order valence-corrected chi connectivity index (χ0v) is 27.0. The molecule has 0 fully saturated rings. The van der Waals surface area contributed by atoms with Gasteiger partial charge in [0.1, 0.15) is 11.2 Å². The summed E-state index contributed by atoms with van der Waals surface area (Å²) in [5.41, 5.74) is 9.66. The van der Waals surface area contributed by atoms with Gasteiger partial charge >= 0.3 is 0 Å². The van der Waals surface area contributed by atoms with Crippen LogP contribution in [0, 0.1) is 0 Å². The van der Waals surface area contributed by atoms with Crippen molar-refractivity contribution in [1.29, 1.82) is 0 Å². The van der Waals surface area contributed by atoms with E-state index in [4.69, 9.17) is 19.4 Å². The minimum atomic E-state index is 0.595. The summed E-state index contributed by atoms with van der Waals surface area (Å²) >= 11 is 0. The molecule has 2 heterocycles. The van der Waals surface area contributed by atoms with E-state index in [0.717, 1.165) is 66.8 Å². The molecule has 0 N–H and O–H groups in total. The van der Waals surface area contributed by atoms with Gasteiger partial charge < -0.3 is 9.32 Å². The molecule has 236 valence electrons. The number of aromatic nitrogens is 3. The number of furan rings is 1. The molecular formula is C45H30N4O. The summed E-state index contributed by atoms with van der Waals surface area (Å²) in [4.78, 5) is 17.3. The van der Waals surface area contributed by atoms with Gasteiger partial charge in [0.2, 0.25) is 0 Å². The first-order valence-electron chi connectivity index (χ1n) is 16.6. The predicted molar refractivity (Wildman–Crippen MR) is 204 cm³/mol. The summed E-state index contributed by atoms with van der Waals surface area (Å²) in [5, 5.41) is 1.99. The molecule has 0 unspecified atom stereocenters.